The SMILES string of the molecule is Cc1ccc2oc(C(=O)Nc3nnc(SCc4ccccc4)s3)cc(=O)c2c1. The van der Waals surface area contributed by atoms with Gasteiger partial charge < -0.3 is 4.42 Å². The van der Waals surface area contributed by atoms with Crippen LogP contribution in [0.5, 0.6) is 0 Å². The molecule has 0 unspecified atom stereocenters. The lowest BCUT2D eigenvalue weighted by atomic mass is 10.1. The van der Waals surface area contributed by atoms with E-state index in [1.165, 1.54) is 23.0 Å². The highest BCUT2D eigenvalue weighted by atomic mass is 32.2. The summed E-state index contributed by atoms with van der Waals surface area (Å²) in [5.41, 5.74) is 2.25. The molecule has 1 N–H and O–H groups in total. The van der Waals surface area contributed by atoms with Crippen molar-refractivity contribution in [3.63, 3.8) is 0 Å². The number of anilines is 1. The summed E-state index contributed by atoms with van der Waals surface area (Å²) in [5.74, 6) is 0.174. The minimum atomic E-state index is -0.532. The Kier molecular flexibility index (Phi) is 5.23. The first kappa shape index (κ1) is 18.4. The Morgan fingerprint density at radius 2 is 1.96 bits per heavy atom. The molecule has 0 aliphatic rings. The van der Waals surface area contributed by atoms with Crippen molar-refractivity contribution < 1.29 is 9.21 Å². The molecular formula is C20H15N3O3S2. The average molecular weight is 409 g/mol. The van der Waals surface area contributed by atoms with Gasteiger partial charge in [-0.25, -0.2) is 0 Å². The number of nitrogens with one attached hydrogen (secondary N) is 1. The van der Waals surface area contributed by atoms with Gasteiger partial charge in [-0.05, 0) is 24.6 Å². The predicted octanol–water partition coefficient (Wildman–Crippen LogP) is 4.50. The van der Waals surface area contributed by atoms with Crippen molar-refractivity contribution in [2.75, 3.05) is 5.32 Å². The summed E-state index contributed by atoms with van der Waals surface area (Å²) < 4.78 is 6.33. The molecule has 0 fully saturated rings. The number of thioether (sulfide) groups is 1. The summed E-state index contributed by atoms with van der Waals surface area (Å²) in [6.45, 7) is 1.89. The van der Waals surface area contributed by atoms with E-state index in [0.717, 1.165) is 15.7 Å². The lowest BCUT2D eigenvalue weighted by Crippen LogP contribution is -2.14. The van der Waals surface area contributed by atoms with E-state index in [1.807, 2.05) is 43.3 Å². The Morgan fingerprint density at radius 1 is 1.14 bits per heavy atom. The third-order valence-corrected chi connectivity index (χ3v) is 5.98. The quantitative estimate of drug-likeness (QED) is 0.386. The van der Waals surface area contributed by atoms with Crippen LogP contribution in [0.15, 0.2) is 68.1 Å². The van der Waals surface area contributed by atoms with Gasteiger partial charge in [0.25, 0.3) is 5.91 Å². The number of rotatable bonds is 5. The maximum absolute atomic E-state index is 12.5. The predicted molar refractivity (Wildman–Crippen MR) is 111 cm³/mol. The molecule has 140 valence electrons. The molecule has 4 aromatic rings. The van der Waals surface area contributed by atoms with Crippen molar-refractivity contribution in [1.82, 2.24) is 10.2 Å². The summed E-state index contributed by atoms with van der Waals surface area (Å²) in [6, 6.07) is 16.5. The first-order valence-corrected chi connectivity index (χ1v) is 10.2. The summed E-state index contributed by atoms with van der Waals surface area (Å²) in [5, 5.41) is 11.5. The number of amides is 1. The summed E-state index contributed by atoms with van der Waals surface area (Å²) in [4.78, 5) is 24.7. The minimum absolute atomic E-state index is 0.0601. The summed E-state index contributed by atoms with van der Waals surface area (Å²) in [6.07, 6.45) is 0. The molecule has 0 saturated carbocycles. The van der Waals surface area contributed by atoms with Crippen LogP contribution in [0.25, 0.3) is 11.0 Å². The van der Waals surface area contributed by atoms with E-state index in [4.69, 9.17) is 4.42 Å². The van der Waals surface area contributed by atoms with Gasteiger partial charge in [-0.15, -0.1) is 10.2 Å². The smallest absolute Gasteiger partial charge is 0.293 e. The van der Waals surface area contributed by atoms with E-state index in [1.54, 1.807) is 23.9 Å². The Bertz CT molecular complexity index is 1200. The fourth-order valence-electron chi connectivity index (χ4n) is 2.58. The zero-order valence-electron chi connectivity index (χ0n) is 14.8. The number of hydrogen-bond donors (Lipinski definition) is 1. The van der Waals surface area contributed by atoms with Crippen LogP contribution in [0, 0.1) is 6.92 Å². The number of aromatic nitrogens is 2. The van der Waals surface area contributed by atoms with E-state index in [9.17, 15) is 9.59 Å². The van der Waals surface area contributed by atoms with E-state index in [0.29, 0.717) is 16.1 Å². The molecular weight excluding hydrogens is 394 g/mol. The first-order valence-electron chi connectivity index (χ1n) is 8.44. The molecule has 0 spiro atoms. The number of fused-ring (bicyclic) bond motifs is 1. The lowest BCUT2D eigenvalue weighted by Gasteiger charge is -2.03. The molecule has 0 aliphatic heterocycles. The van der Waals surface area contributed by atoms with Gasteiger partial charge in [0.05, 0.1) is 5.39 Å². The largest absolute Gasteiger partial charge is 0.451 e. The number of aryl methyl sites for hydroxylation is 1. The van der Waals surface area contributed by atoms with Gasteiger partial charge in [0.15, 0.2) is 15.5 Å². The lowest BCUT2D eigenvalue weighted by molar-refractivity contribution is 0.0997. The molecule has 6 nitrogen and oxygen atoms in total. The fraction of sp³-hybridized carbons (Fsp3) is 0.100. The molecule has 4 rings (SSSR count). The minimum Gasteiger partial charge on any atom is -0.451 e. The van der Waals surface area contributed by atoms with Gasteiger partial charge in [-0.2, -0.15) is 0 Å². The molecule has 0 aliphatic carbocycles. The third kappa shape index (κ3) is 4.13. The van der Waals surface area contributed by atoms with Gasteiger partial charge in [0, 0.05) is 11.8 Å². The zero-order chi connectivity index (χ0) is 19.5. The summed E-state index contributed by atoms with van der Waals surface area (Å²) >= 11 is 2.82. The number of hydrogen-bond acceptors (Lipinski definition) is 7. The van der Waals surface area contributed by atoms with Crippen LogP contribution in [0.4, 0.5) is 5.13 Å². The Labute approximate surface area is 168 Å². The Hall–Kier alpha value is -2.97. The number of benzene rings is 2. The van der Waals surface area contributed by atoms with Gasteiger partial charge in [-0.1, -0.05) is 65.1 Å². The third-order valence-electron chi connectivity index (χ3n) is 3.94. The molecule has 2 aromatic carbocycles. The summed E-state index contributed by atoms with van der Waals surface area (Å²) in [7, 11) is 0. The van der Waals surface area contributed by atoms with Crippen LogP contribution in [0.2, 0.25) is 0 Å². The molecule has 2 heterocycles. The topological polar surface area (TPSA) is 85.1 Å². The Balaban J connectivity index is 1.47. The van der Waals surface area contributed by atoms with Crippen LogP contribution in [-0.4, -0.2) is 16.1 Å². The van der Waals surface area contributed by atoms with Crippen molar-refractivity contribution >= 4 is 45.1 Å². The second kappa shape index (κ2) is 7.95. The van der Waals surface area contributed by atoms with Crippen molar-refractivity contribution in [3.05, 3.63) is 81.7 Å². The van der Waals surface area contributed by atoms with Crippen molar-refractivity contribution in [1.29, 1.82) is 0 Å². The van der Waals surface area contributed by atoms with Crippen LogP contribution < -0.4 is 10.7 Å². The molecule has 1 amide bonds. The van der Waals surface area contributed by atoms with E-state index >= 15 is 0 Å². The molecule has 0 radical (unpaired) electrons. The van der Waals surface area contributed by atoms with E-state index in [2.05, 4.69) is 15.5 Å². The van der Waals surface area contributed by atoms with E-state index < -0.39 is 5.91 Å². The number of carbonyl (C=O) groups is 1. The van der Waals surface area contributed by atoms with Crippen LogP contribution in [-0.2, 0) is 5.75 Å². The Morgan fingerprint density at radius 3 is 2.79 bits per heavy atom. The van der Waals surface area contributed by atoms with Crippen molar-refractivity contribution in [2.45, 2.75) is 17.0 Å². The van der Waals surface area contributed by atoms with Crippen LogP contribution in [0.3, 0.4) is 0 Å². The van der Waals surface area contributed by atoms with Crippen molar-refractivity contribution in [2.24, 2.45) is 0 Å². The fourth-order valence-corrected chi connectivity index (χ4v) is 4.28. The second-order valence-corrected chi connectivity index (χ2v) is 8.28. The molecule has 0 bridgehead atoms. The normalized spacial score (nSPS) is 10.9. The first-order chi connectivity index (χ1) is 13.6. The standard InChI is InChI=1S/C20H15N3O3S2/c1-12-7-8-16-14(9-12)15(24)10-17(26-16)18(25)21-19-22-23-20(28-19)27-11-13-5-3-2-4-6-13/h2-10H,11H2,1H3,(H,21,22,25). The molecule has 0 saturated heterocycles. The molecule has 8 heteroatoms. The highest BCUT2D eigenvalue weighted by Gasteiger charge is 2.15. The van der Waals surface area contributed by atoms with Gasteiger partial charge >= 0.3 is 0 Å². The monoisotopic (exact) mass is 409 g/mol. The zero-order valence-corrected chi connectivity index (χ0v) is 16.5. The van der Waals surface area contributed by atoms with Crippen molar-refractivity contribution in [3.8, 4) is 0 Å². The average Bonchev–Trinajstić information content (AvgIpc) is 3.15. The maximum Gasteiger partial charge on any atom is 0.293 e. The van der Waals surface area contributed by atoms with Gasteiger partial charge in [0.2, 0.25) is 5.13 Å². The molecule has 0 atom stereocenters. The van der Waals surface area contributed by atoms with E-state index in [-0.39, 0.29) is 11.2 Å². The maximum atomic E-state index is 12.5. The van der Waals surface area contributed by atoms with Gasteiger partial charge in [0.1, 0.15) is 5.58 Å². The molecule has 2 aromatic heterocycles. The number of carbonyl (C=O) groups excluding carboxylic acids is 1. The highest BCUT2D eigenvalue weighted by Crippen LogP contribution is 2.28. The van der Waals surface area contributed by atoms with Gasteiger partial charge in [-0.3, -0.25) is 14.9 Å². The number of nitrogens with zero attached hydrogens (tertiary/aromatic N) is 2. The van der Waals surface area contributed by atoms with Crippen LogP contribution in [0.1, 0.15) is 21.7 Å². The highest BCUT2D eigenvalue weighted by molar-refractivity contribution is 8.00. The second-order valence-electron chi connectivity index (χ2n) is 6.08. The molecule has 28 heavy (non-hydrogen) atoms. The van der Waals surface area contributed by atoms with Crippen LogP contribution >= 0.6 is 23.1 Å².